The summed E-state index contributed by atoms with van der Waals surface area (Å²) in [4.78, 5) is 18.3. The van der Waals surface area contributed by atoms with E-state index in [1.165, 1.54) is 6.07 Å². The summed E-state index contributed by atoms with van der Waals surface area (Å²) in [6.07, 6.45) is 0.433. The van der Waals surface area contributed by atoms with Gasteiger partial charge in [0, 0.05) is 31.4 Å². The number of hydrogen-bond acceptors (Lipinski definition) is 8. The fourth-order valence-electron chi connectivity index (χ4n) is 5.41. The van der Waals surface area contributed by atoms with E-state index in [0.717, 1.165) is 30.6 Å². The maximum absolute atomic E-state index is 13.1. The summed E-state index contributed by atoms with van der Waals surface area (Å²) >= 11 is 0. The zero-order valence-corrected chi connectivity index (χ0v) is 21.4. The molecule has 5 heterocycles. The SMILES string of the molecule is CC[C@H]1CN([C@H](CC)c2ccc(C(F)(F)F)cn2)[C@H](CC)CN1c1nc2nncn2c2ccc(C#N)nc12. The Morgan fingerprint density at radius 3 is 2.47 bits per heavy atom. The third-order valence-electron chi connectivity index (χ3n) is 7.39. The van der Waals surface area contributed by atoms with Crippen LogP contribution in [0, 0.1) is 11.3 Å². The van der Waals surface area contributed by atoms with Crippen LogP contribution in [0.5, 0.6) is 0 Å². The highest BCUT2D eigenvalue weighted by Crippen LogP contribution is 2.36. The highest BCUT2D eigenvalue weighted by atomic mass is 19.4. The van der Waals surface area contributed by atoms with Gasteiger partial charge in [-0.25, -0.2) is 4.98 Å². The predicted octanol–water partition coefficient (Wildman–Crippen LogP) is 4.79. The molecule has 4 aromatic heterocycles. The zero-order chi connectivity index (χ0) is 27.0. The topological polar surface area (TPSA) is 99.1 Å². The highest BCUT2D eigenvalue weighted by Gasteiger charge is 2.38. The number of nitrogens with zero attached hydrogens (tertiary/aromatic N) is 9. The molecule has 0 saturated carbocycles. The second kappa shape index (κ2) is 10.1. The number of hydrogen-bond donors (Lipinski definition) is 0. The molecule has 1 fully saturated rings. The monoisotopic (exact) mass is 523 g/mol. The molecule has 1 aliphatic heterocycles. The minimum atomic E-state index is -4.42. The standard InChI is InChI=1S/C26H28F3N9/c1-4-18-14-37(24-23-22(10-8-17(11-30)33-23)38-15-32-35-25(38)34-24)19(5-2)13-36(18)21(6-3)20-9-7-16(12-31-20)26(27,28)29/h7-10,12,15,18-19,21H,4-6,13-14H2,1-3H3/t18-,19+,21-/m1/s1. The van der Waals surface area contributed by atoms with Gasteiger partial charge < -0.3 is 4.90 Å². The molecule has 0 N–H and O–H groups in total. The molecule has 5 rings (SSSR count). The minimum absolute atomic E-state index is 0.0508. The molecule has 9 nitrogen and oxygen atoms in total. The number of halogens is 3. The molecule has 198 valence electrons. The Morgan fingerprint density at radius 2 is 1.84 bits per heavy atom. The van der Waals surface area contributed by atoms with Crippen LogP contribution in [0.1, 0.15) is 63.0 Å². The van der Waals surface area contributed by atoms with Crippen molar-refractivity contribution >= 4 is 22.6 Å². The van der Waals surface area contributed by atoms with Gasteiger partial charge in [0.1, 0.15) is 23.6 Å². The molecule has 1 aliphatic rings. The van der Waals surface area contributed by atoms with Gasteiger partial charge in [-0.05, 0) is 43.5 Å². The molecule has 1 saturated heterocycles. The van der Waals surface area contributed by atoms with E-state index in [4.69, 9.17) is 4.98 Å². The third-order valence-corrected chi connectivity index (χ3v) is 7.39. The van der Waals surface area contributed by atoms with E-state index in [9.17, 15) is 18.4 Å². The lowest BCUT2D eigenvalue weighted by Gasteiger charge is -2.49. The molecule has 0 bridgehead atoms. The van der Waals surface area contributed by atoms with Crippen LogP contribution in [0.4, 0.5) is 19.0 Å². The molecule has 0 unspecified atom stereocenters. The van der Waals surface area contributed by atoms with Crippen molar-refractivity contribution in [1.82, 2.24) is 34.4 Å². The number of piperazine rings is 1. The number of anilines is 1. The summed E-state index contributed by atoms with van der Waals surface area (Å²) in [6.45, 7) is 7.55. The quantitative estimate of drug-likeness (QED) is 0.356. The Balaban J connectivity index is 1.53. The first-order chi connectivity index (χ1) is 18.3. The maximum atomic E-state index is 13.1. The summed E-state index contributed by atoms with van der Waals surface area (Å²) in [6, 6.07) is 8.25. The minimum Gasteiger partial charge on any atom is -0.349 e. The Labute approximate surface area is 218 Å². The van der Waals surface area contributed by atoms with Gasteiger partial charge in [-0.3, -0.25) is 14.3 Å². The first-order valence-corrected chi connectivity index (χ1v) is 12.7. The van der Waals surface area contributed by atoms with E-state index in [2.05, 4.69) is 49.9 Å². The van der Waals surface area contributed by atoms with E-state index >= 15 is 0 Å². The third kappa shape index (κ3) is 4.51. The van der Waals surface area contributed by atoms with Gasteiger partial charge in [0.2, 0.25) is 0 Å². The van der Waals surface area contributed by atoms with E-state index in [-0.39, 0.29) is 18.1 Å². The number of aromatic nitrogens is 6. The van der Waals surface area contributed by atoms with Gasteiger partial charge in [0.05, 0.1) is 22.8 Å². The van der Waals surface area contributed by atoms with Crippen LogP contribution in [0.25, 0.3) is 16.8 Å². The lowest BCUT2D eigenvalue weighted by molar-refractivity contribution is -0.137. The molecule has 4 aromatic rings. The molecule has 38 heavy (non-hydrogen) atoms. The Bertz CT molecular complexity index is 1480. The van der Waals surface area contributed by atoms with Crippen molar-refractivity contribution in [2.45, 2.75) is 64.3 Å². The van der Waals surface area contributed by atoms with Gasteiger partial charge in [-0.2, -0.15) is 23.4 Å². The number of pyridine rings is 2. The van der Waals surface area contributed by atoms with Crippen LogP contribution in [0.15, 0.2) is 36.8 Å². The van der Waals surface area contributed by atoms with Gasteiger partial charge >= 0.3 is 6.18 Å². The van der Waals surface area contributed by atoms with E-state index in [1.807, 2.05) is 13.0 Å². The summed E-state index contributed by atoms with van der Waals surface area (Å²) in [5, 5.41) is 17.7. The molecule has 0 radical (unpaired) electrons. The van der Waals surface area contributed by atoms with Crippen LogP contribution in [0.2, 0.25) is 0 Å². The Morgan fingerprint density at radius 1 is 1.05 bits per heavy atom. The van der Waals surface area contributed by atoms with E-state index < -0.39 is 11.7 Å². The number of fused-ring (bicyclic) bond motifs is 3. The van der Waals surface area contributed by atoms with E-state index in [0.29, 0.717) is 48.0 Å². The van der Waals surface area contributed by atoms with Crippen molar-refractivity contribution < 1.29 is 13.2 Å². The van der Waals surface area contributed by atoms with Crippen molar-refractivity contribution in [2.75, 3.05) is 18.0 Å². The smallest absolute Gasteiger partial charge is 0.349 e. The Hall–Kier alpha value is -3.85. The second-order valence-electron chi connectivity index (χ2n) is 9.48. The molecule has 0 aliphatic carbocycles. The van der Waals surface area contributed by atoms with Gasteiger partial charge in [0.15, 0.2) is 5.82 Å². The van der Waals surface area contributed by atoms with Gasteiger partial charge in [0.25, 0.3) is 5.78 Å². The van der Waals surface area contributed by atoms with Crippen molar-refractivity contribution in [1.29, 1.82) is 5.26 Å². The van der Waals surface area contributed by atoms with Crippen LogP contribution in [0.3, 0.4) is 0 Å². The summed E-state index contributed by atoms with van der Waals surface area (Å²) in [7, 11) is 0. The number of alkyl halides is 3. The molecule has 0 amide bonds. The van der Waals surface area contributed by atoms with Crippen molar-refractivity contribution in [2.24, 2.45) is 0 Å². The number of rotatable bonds is 6. The summed E-state index contributed by atoms with van der Waals surface area (Å²) in [5.41, 5.74) is 1.56. The predicted molar refractivity (Wildman–Crippen MR) is 135 cm³/mol. The maximum Gasteiger partial charge on any atom is 0.417 e. The first kappa shape index (κ1) is 25.8. The average Bonchev–Trinajstić information content (AvgIpc) is 3.41. The fourth-order valence-corrected chi connectivity index (χ4v) is 5.41. The van der Waals surface area contributed by atoms with Crippen molar-refractivity contribution in [3.8, 4) is 6.07 Å². The molecule has 0 aromatic carbocycles. The zero-order valence-electron chi connectivity index (χ0n) is 21.4. The molecule has 12 heteroatoms. The van der Waals surface area contributed by atoms with Crippen molar-refractivity contribution in [3.63, 3.8) is 0 Å². The highest BCUT2D eigenvalue weighted by molar-refractivity contribution is 5.88. The fraction of sp³-hybridized carbons (Fsp3) is 0.462. The molecular weight excluding hydrogens is 495 g/mol. The molecule has 3 atom stereocenters. The Kier molecular flexibility index (Phi) is 6.88. The summed E-state index contributed by atoms with van der Waals surface area (Å²) < 4.78 is 41.1. The van der Waals surface area contributed by atoms with E-state index in [1.54, 1.807) is 16.8 Å². The van der Waals surface area contributed by atoms with Crippen LogP contribution in [-0.2, 0) is 6.18 Å². The second-order valence-corrected chi connectivity index (χ2v) is 9.48. The van der Waals surface area contributed by atoms with Crippen molar-refractivity contribution in [3.05, 3.63) is 53.7 Å². The van der Waals surface area contributed by atoms with Crippen LogP contribution < -0.4 is 4.90 Å². The van der Waals surface area contributed by atoms with Gasteiger partial charge in [-0.15, -0.1) is 10.2 Å². The number of nitriles is 1. The van der Waals surface area contributed by atoms with Crippen LogP contribution >= 0.6 is 0 Å². The average molecular weight is 524 g/mol. The van der Waals surface area contributed by atoms with Gasteiger partial charge in [-0.1, -0.05) is 20.8 Å². The lowest BCUT2D eigenvalue weighted by Crippen LogP contribution is -2.59. The normalized spacial score (nSPS) is 19.7. The summed E-state index contributed by atoms with van der Waals surface area (Å²) in [5.74, 6) is 1.10. The molecular formula is C26H28F3N9. The first-order valence-electron chi connectivity index (χ1n) is 12.7. The molecule has 0 spiro atoms. The largest absolute Gasteiger partial charge is 0.417 e. The van der Waals surface area contributed by atoms with Crippen LogP contribution in [-0.4, -0.2) is 59.6 Å². The lowest BCUT2D eigenvalue weighted by atomic mass is 9.96.